The first-order valence-corrected chi connectivity index (χ1v) is 7.18. The van der Waals surface area contributed by atoms with Crippen LogP contribution in [0.2, 0.25) is 0 Å². The van der Waals surface area contributed by atoms with Gasteiger partial charge in [0.15, 0.2) is 0 Å². The molecule has 5 heteroatoms. The minimum Gasteiger partial charge on any atom is -0.478 e. The van der Waals surface area contributed by atoms with Crippen molar-refractivity contribution in [2.45, 2.75) is 37.8 Å². The van der Waals surface area contributed by atoms with Crippen LogP contribution in [-0.2, 0) is 0 Å². The monoisotopic (exact) mass is 278 g/mol. The Morgan fingerprint density at radius 3 is 2.95 bits per heavy atom. The smallest absolute Gasteiger partial charge is 0.335 e. The maximum Gasteiger partial charge on any atom is 0.335 e. The van der Waals surface area contributed by atoms with Crippen LogP contribution in [0.15, 0.2) is 18.2 Å². The van der Waals surface area contributed by atoms with Gasteiger partial charge in [-0.2, -0.15) is 0 Å². The number of carbonyl (C=O) groups is 1. The molecule has 2 heterocycles. The Morgan fingerprint density at radius 1 is 1.30 bits per heavy atom. The molecule has 0 saturated carbocycles. The van der Waals surface area contributed by atoms with Gasteiger partial charge in [-0.05, 0) is 44.0 Å². The second-order valence-electron chi connectivity index (χ2n) is 5.64. The van der Waals surface area contributed by atoms with Crippen molar-refractivity contribution in [2.75, 3.05) is 18.4 Å². The van der Waals surface area contributed by atoms with Gasteiger partial charge in [0.25, 0.3) is 0 Å². The number of aromatic carboxylic acids is 1. The Balaban J connectivity index is 1.77. The van der Waals surface area contributed by atoms with E-state index in [0.717, 1.165) is 25.9 Å². The molecular formula is C15H19FN2O2. The number of benzene rings is 1. The number of anilines is 1. The Hall–Kier alpha value is -1.62. The molecule has 0 aromatic heterocycles. The Kier molecular flexibility index (Phi) is 3.61. The van der Waals surface area contributed by atoms with E-state index in [-0.39, 0.29) is 17.4 Å². The predicted molar refractivity (Wildman–Crippen MR) is 74.6 cm³/mol. The number of carboxylic acid groups (broad SMARTS) is 1. The molecule has 0 aliphatic carbocycles. The van der Waals surface area contributed by atoms with Gasteiger partial charge in [0.1, 0.15) is 5.82 Å². The number of piperidine rings is 1. The van der Waals surface area contributed by atoms with Gasteiger partial charge in [-0.25, -0.2) is 9.18 Å². The lowest BCUT2D eigenvalue weighted by Gasteiger charge is -2.33. The maximum atomic E-state index is 13.8. The van der Waals surface area contributed by atoms with E-state index in [1.807, 2.05) is 0 Å². The van der Waals surface area contributed by atoms with Crippen molar-refractivity contribution in [3.63, 3.8) is 0 Å². The number of hydrogen-bond donors (Lipinski definition) is 2. The van der Waals surface area contributed by atoms with Crippen molar-refractivity contribution in [3.05, 3.63) is 29.6 Å². The van der Waals surface area contributed by atoms with E-state index in [0.29, 0.717) is 11.7 Å². The number of nitrogens with zero attached hydrogens (tertiary/aromatic N) is 1. The van der Waals surface area contributed by atoms with E-state index in [9.17, 15) is 9.18 Å². The number of hydrogen-bond acceptors (Lipinski definition) is 3. The molecule has 2 aliphatic rings. The third kappa shape index (κ3) is 2.50. The summed E-state index contributed by atoms with van der Waals surface area (Å²) < 4.78 is 13.8. The highest BCUT2D eigenvalue weighted by atomic mass is 19.1. The fraction of sp³-hybridized carbons (Fsp3) is 0.533. The van der Waals surface area contributed by atoms with Gasteiger partial charge in [0, 0.05) is 18.6 Å². The first-order chi connectivity index (χ1) is 9.65. The van der Waals surface area contributed by atoms with Crippen LogP contribution in [0.1, 0.15) is 36.0 Å². The third-order valence-electron chi connectivity index (χ3n) is 4.41. The lowest BCUT2D eigenvalue weighted by atomic mass is 9.98. The van der Waals surface area contributed by atoms with Gasteiger partial charge >= 0.3 is 5.97 Å². The molecule has 0 bridgehead atoms. The highest BCUT2D eigenvalue weighted by molar-refractivity contribution is 5.88. The van der Waals surface area contributed by atoms with Gasteiger partial charge in [-0.15, -0.1) is 0 Å². The topological polar surface area (TPSA) is 52.6 Å². The maximum absolute atomic E-state index is 13.8. The summed E-state index contributed by atoms with van der Waals surface area (Å²) in [4.78, 5) is 13.4. The summed E-state index contributed by atoms with van der Waals surface area (Å²) in [6, 6.07) is 4.58. The molecule has 1 aromatic rings. The quantitative estimate of drug-likeness (QED) is 0.892. The molecular weight excluding hydrogens is 259 g/mol. The summed E-state index contributed by atoms with van der Waals surface area (Å²) >= 11 is 0. The van der Waals surface area contributed by atoms with E-state index < -0.39 is 5.97 Å². The summed E-state index contributed by atoms with van der Waals surface area (Å²) in [6.45, 7) is 2.17. The van der Waals surface area contributed by atoms with E-state index in [2.05, 4.69) is 10.2 Å². The average Bonchev–Trinajstić information content (AvgIpc) is 2.84. The van der Waals surface area contributed by atoms with Crippen molar-refractivity contribution in [2.24, 2.45) is 0 Å². The van der Waals surface area contributed by atoms with E-state index >= 15 is 0 Å². The number of nitrogens with one attached hydrogen (secondary N) is 1. The van der Waals surface area contributed by atoms with Crippen LogP contribution in [0.25, 0.3) is 0 Å². The number of carboxylic acids is 1. The molecule has 4 nitrogen and oxygen atoms in total. The van der Waals surface area contributed by atoms with Gasteiger partial charge in [0.2, 0.25) is 0 Å². The lowest BCUT2D eigenvalue weighted by molar-refractivity contribution is 0.0697. The predicted octanol–water partition coefficient (Wildman–Crippen LogP) is 2.56. The Labute approximate surface area is 117 Å². The normalized spacial score (nSPS) is 26.2. The molecule has 2 atom stereocenters. The number of fused-ring (bicyclic) bond motifs is 1. The van der Waals surface area contributed by atoms with Crippen molar-refractivity contribution in [3.8, 4) is 0 Å². The highest BCUT2D eigenvalue weighted by Crippen LogP contribution is 2.30. The zero-order valence-electron chi connectivity index (χ0n) is 11.3. The molecule has 108 valence electrons. The molecule has 2 aliphatic heterocycles. The molecule has 2 N–H and O–H groups in total. The number of rotatable bonds is 3. The van der Waals surface area contributed by atoms with Crippen LogP contribution in [0.5, 0.6) is 0 Å². The van der Waals surface area contributed by atoms with Crippen LogP contribution < -0.4 is 5.32 Å². The lowest BCUT2D eigenvalue weighted by Crippen LogP contribution is -2.41. The molecule has 0 amide bonds. The van der Waals surface area contributed by atoms with Gasteiger partial charge < -0.3 is 10.4 Å². The molecule has 3 rings (SSSR count). The summed E-state index contributed by atoms with van der Waals surface area (Å²) in [6.07, 6.45) is 4.59. The third-order valence-corrected chi connectivity index (χ3v) is 4.41. The van der Waals surface area contributed by atoms with Crippen molar-refractivity contribution >= 4 is 11.7 Å². The molecule has 0 radical (unpaired) electrons. The second kappa shape index (κ2) is 5.40. The summed E-state index contributed by atoms with van der Waals surface area (Å²) in [7, 11) is 0. The Bertz CT molecular complexity index is 521. The molecule has 2 unspecified atom stereocenters. The minimum absolute atomic E-state index is 0.118. The molecule has 2 saturated heterocycles. The van der Waals surface area contributed by atoms with Crippen molar-refractivity contribution in [1.82, 2.24) is 4.90 Å². The van der Waals surface area contributed by atoms with Crippen LogP contribution in [0.3, 0.4) is 0 Å². The van der Waals surface area contributed by atoms with Gasteiger partial charge in [-0.3, -0.25) is 4.90 Å². The first kappa shape index (κ1) is 13.4. The number of halogens is 1. The second-order valence-corrected chi connectivity index (χ2v) is 5.64. The average molecular weight is 278 g/mol. The molecule has 0 spiro atoms. The van der Waals surface area contributed by atoms with E-state index in [1.54, 1.807) is 0 Å². The summed E-state index contributed by atoms with van der Waals surface area (Å²) in [5.74, 6) is -1.41. The SMILES string of the molecule is O=C(O)c1ccc(F)c(NC2CCN3CCCCC23)c1. The highest BCUT2D eigenvalue weighted by Gasteiger charge is 2.35. The van der Waals surface area contributed by atoms with Gasteiger partial charge in [-0.1, -0.05) is 6.42 Å². The van der Waals surface area contributed by atoms with Crippen LogP contribution in [0, 0.1) is 5.82 Å². The van der Waals surface area contributed by atoms with Crippen LogP contribution in [0.4, 0.5) is 10.1 Å². The summed E-state index contributed by atoms with van der Waals surface area (Å²) in [5, 5.41) is 12.2. The standard InChI is InChI=1S/C15H19FN2O2/c16-11-5-4-10(15(19)20)9-13(11)17-12-6-8-18-7-2-1-3-14(12)18/h4-5,9,12,14,17H,1-3,6-8H2,(H,19,20). The zero-order valence-corrected chi connectivity index (χ0v) is 11.3. The minimum atomic E-state index is -1.03. The summed E-state index contributed by atoms with van der Waals surface area (Å²) in [5.41, 5.74) is 0.426. The van der Waals surface area contributed by atoms with Crippen LogP contribution in [-0.4, -0.2) is 41.1 Å². The van der Waals surface area contributed by atoms with E-state index in [1.165, 1.54) is 31.0 Å². The van der Waals surface area contributed by atoms with Crippen molar-refractivity contribution < 1.29 is 14.3 Å². The zero-order chi connectivity index (χ0) is 14.1. The van der Waals surface area contributed by atoms with Gasteiger partial charge in [0.05, 0.1) is 11.3 Å². The first-order valence-electron chi connectivity index (χ1n) is 7.18. The fourth-order valence-electron chi connectivity index (χ4n) is 3.38. The Morgan fingerprint density at radius 2 is 2.15 bits per heavy atom. The van der Waals surface area contributed by atoms with Crippen molar-refractivity contribution in [1.29, 1.82) is 0 Å². The van der Waals surface area contributed by atoms with E-state index in [4.69, 9.17) is 5.11 Å². The van der Waals surface area contributed by atoms with Crippen LogP contribution >= 0.6 is 0 Å². The molecule has 2 fully saturated rings. The largest absolute Gasteiger partial charge is 0.478 e. The molecule has 1 aromatic carbocycles. The fourth-order valence-corrected chi connectivity index (χ4v) is 3.38. The molecule has 20 heavy (non-hydrogen) atoms.